The van der Waals surface area contributed by atoms with E-state index < -0.39 is 17.6 Å². The summed E-state index contributed by atoms with van der Waals surface area (Å²) in [6.07, 6.45) is 1.79. The molecule has 2 atom stereocenters. The molecule has 0 amide bonds. The van der Waals surface area contributed by atoms with Gasteiger partial charge in [0.1, 0.15) is 5.54 Å². The molecule has 2 aromatic rings. The van der Waals surface area contributed by atoms with Crippen LogP contribution in [-0.2, 0) is 21.5 Å². The number of carbonyl (C=O) groups excluding carboxylic acids is 2. The summed E-state index contributed by atoms with van der Waals surface area (Å²) in [7, 11) is 3.87. The van der Waals surface area contributed by atoms with E-state index in [1.165, 1.54) is 0 Å². The fourth-order valence-corrected chi connectivity index (χ4v) is 3.84. The van der Waals surface area contributed by atoms with Gasteiger partial charge in [0.2, 0.25) is 0 Å². The number of esters is 1. The number of carbonyl (C=O) groups is 2. The zero-order chi connectivity index (χ0) is 20.3. The van der Waals surface area contributed by atoms with Crippen molar-refractivity contribution < 1.29 is 14.3 Å². The average molecular weight is 380 g/mol. The lowest BCUT2D eigenvalue weighted by Crippen LogP contribution is -2.54. The van der Waals surface area contributed by atoms with Crippen LogP contribution in [0.5, 0.6) is 0 Å². The van der Waals surface area contributed by atoms with Crippen molar-refractivity contribution in [3.05, 3.63) is 65.2 Å². The van der Waals surface area contributed by atoms with Crippen LogP contribution in [0.1, 0.15) is 47.7 Å². The lowest BCUT2D eigenvalue weighted by atomic mass is 9.73. The summed E-state index contributed by atoms with van der Waals surface area (Å²) in [5.41, 5.74) is 8.83. The Morgan fingerprint density at radius 1 is 1.18 bits per heavy atom. The number of nitrogens with zero attached hydrogens (tertiary/aromatic N) is 1. The van der Waals surface area contributed by atoms with Crippen molar-refractivity contribution in [2.45, 2.75) is 44.2 Å². The first kappa shape index (κ1) is 20.1. The van der Waals surface area contributed by atoms with Gasteiger partial charge in [0.05, 0.1) is 5.56 Å². The van der Waals surface area contributed by atoms with Crippen molar-refractivity contribution in [2.75, 3.05) is 19.0 Å². The van der Waals surface area contributed by atoms with Crippen LogP contribution in [0.15, 0.2) is 48.5 Å². The molecule has 3 rings (SSSR count). The fourth-order valence-electron chi connectivity index (χ4n) is 3.84. The molecule has 0 spiro atoms. The average Bonchev–Trinajstić information content (AvgIpc) is 2.71. The predicted molar refractivity (Wildman–Crippen MR) is 111 cm³/mol. The third-order valence-electron chi connectivity index (χ3n) is 5.52. The van der Waals surface area contributed by atoms with Gasteiger partial charge in [-0.1, -0.05) is 31.2 Å². The molecule has 0 radical (unpaired) electrons. The Hall–Kier alpha value is -2.66. The predicted octanol–water partition coefficient (Wildman–Crippen LogP) is 3.45. The van der Waals surface area contributed by atoms with Crippen LogP contribution in [0.2, 0.25) is 0 Å². The molecule has 148 valence electrons. The Morgan fingerprint density at radius 3 is 2.50 bits per heavy atom. The van der Waals surface area contributed by atoms with Gasteiger partial charge < -0.3 is 15.4 Å². The molecule has 5 heteroatoms. The molecule has 1 aliphatic carbocycles. The quantitative estimate of drug-likeness (QED) is 0.805. The van der Waals surface area contributed by atoms with Gasteiger partial charge in [-0.3, -0.25) is 4.79 Å². The largest absolute Gasteiger partial charge is 0.451 e. The van der Waals surface area contributed by atoms with Crippen molar-refractivity contribution >= 4 is 17.4 Å². The molecule has 0 heterocycles. The van der Waals surface area contributed by atoms with E-state index in [-0.39, 0.29) is 5.78 Å². The highest BCUT2D eigenvalue weighted by atomic mass is 16.5. The minimum absolute atomic E-state index is 0.210. The van der Waals surface area contributed by atoms with Crippen LogP contribution < -0.4 is 10.6 Å². The third-order valence-corrected chi connectivity index (χ3v) is 5.52. The summed E-state index contributed by atoms with van der Waals surface area (Å²) in [5, 5.41) is 0. The van der Waals surface area contributed by atoms with Crippen molar-refractivity contribution in [3.8, 4) is 0 Å². The van der Waals surface area contributed by atoms with E-state index in [1.54, 1.807) is 12.1 Å². The maximum absolute atomic E-state index is 13.2. The number of ketones is 1. The van der Waals surface area contributed by atoms with Crippen LogP contribution in [0.4, 0.5) is 5.69 Å². The smallest absolute Gasteiger partial charge is 0.338 e. The lowest BCUT2D eigenvalue weighted by Gasteiger charge is -2.37. The molecule has 0 aliphatic heterocycles. The Morgan fingerprint density at radius 2 is 1.86 bits per heavy atom. The van der Waals surface area contributed by atoms with Crippen molar-refractivity contribution in [1.82, 2.24) is 0 Å². The molecule has 2 unspecified atom stereocenters. The molecule has 2 N–H and O–H groups in total. The lowest BCUT2D eigenvalue weighted by molar-refractivity contribution is -0.136. The first-order valence-corrected chi connectivity index (χ1v) is 9.76. The fraction of sp³-hybridized carbons (Fsp3) is 0.391. The van der Waals surface area contributed by atoms with Gasteiger partial charge in [-0.05, 0) is 61.1 Å². The summed E-state index contributed by atoms with van der Waals surface area (Å²) in [6, 6.07) is 14.9. The maximum Gasteiger partial charge on any atom is 0.338 e. The molecule has 2 aromatic carbocycles. The highest BCUT2D eigenvalue weighted by Gasteiger charge is 2.45. The third kappa shape index (κ3) is 3.80. The second-order valence-electron chi connectivity index (χ2n) is 7.57. The molecule has 0 saturated heterocycles. The van der Waals surface area contributed by atoms with E-state index in [0.29, 0.717) is 18.4 Å². The minimum atomic E-state index is -1.11. The number of benzene rings is 2. The van der Waals surface area contributed by atoms with E-state index >= 15 is 0 Å². The van der Waals surface area contributed by atoms with E-state index in [2.05, 4.69) is 0 Å². The summed E-state index contributed by atoms with van der Waals surface area (Å²) in [5.74, 6) is -0.699. The van der Waals surface area contributed by atoms with Crippen LogP contribution in [-0.4, -0.2) is 32.0 Å². The molecule has 5 nitrogen and oxygen atoms in total. The van der Waals surface area contributed by atoms with Gasteiger partial charge in [-0.25, -0.2) is 4.79 Å². The Kier molecular flexibility index (Phi) is 5.84. The van der Waals surface area contributed by atoms with Crippen LogP contribution >= 0.6 is 0 Å². The zero-order valence-electron chi connectivity index (χ0n) is 16.8. The second kappa shape index (κ2) is 8.15. The highest BCUT2D eigenvalue weighted by molar-refractivity contribution is 5.97. The summed E-state index contributed by atoms with van der Waals surface area (Å²) < 4.78 is 5.60. The van der Waals surface area contributed by atoms with E-state index in [0.717, 1.165) is 29.7 Å². The first-order valence-electron chi connectivity index (χ1n) is 9.76. The van der Waals surface area contributed by atoms with Crippen LogP contribution in [0.3, 0.4) is 0 Å². The van der Waals surface area contributed by atoms with Gasteiger partial charge in [-0.2, -0.15) is 0 Å². The zero-order valence-corrected chi connectivity index (χ0v) is 16.8. The van der Waals surface area contributed by atoms with E-state index in [9.17, 15) is 9.59 Å². The Bertz CT molecular complexity index is 860. The maximum atomic E-state index is 13.2. The molecule has 28 heavy (non-hydrogen) atoms. The standard InChI is InChI=1S/C23H28N2O3/c1-4-16-8-5-6-9-19(16)23(24)15-7-10-20(21(23)26)28-22(27)17-11-13-18(14-12-17)25(2)3/h5-6,8-9,11-14,20H,4,7,10,15,24H2,1-3H3. The number of hydrogen-bond acceptors (Lipinski definition) is 5. The molecule has 0 bridgehead atoms. The van der Waals surface area contributed by atoms with E-state index in [1.807, 2.05) is 62.3 Å². The number of nitrogens with two attached hydrogens (primary N) is 1. The van der Waals surface area contributed by atoms with Gasteiger partial charge >= 0.3 is 5.97 Å². The topological polar surface area (TPSA) is 72.6 Å². The molecule has 0 aromatic heterocycles. The van der Waals surface area contributed by atoms with Gasteiger partial charge in [0.15, 0.2) is 11.9 Å². The molecule has 1 fully saturated rings. The van der Waals surface area contributed by atoms with Crippen molar-refractivity contribution in [1.29, 1.82) is 0 Å². The van der Waals surface area contributed by atoms with E-state index in [4.69, 9.17) is 10.5 Å². The SMILES string of the molecule is CCc1ccccc1C1(N)CCCC(OC(=O)c2ccc(N(C)C)cc2)C1=O. The Balaban J connectivity index is 1.79. The van der Waals surface area contributed by atoms with Crippen LogP contribution in [0.25, 0.3) is 0 Å². The molecular formula is C23H28N2O3. The highest BCUT2D eigenvalue weighted by Crippen LogP contribution is 2.35. The number of anilines is 1. The van der Waals surface area contributed by atoms with Gasteiger partial charge in [0.25, 0.3) is 0 Å². The number of Topliss-reactive ketones (excluding diaryl/α,β-unsaturated/α-hetero) is 1. The first-order chi connectivity index (χ1) is 13.4. The number of rotatable bonds is 5. The number of hydrogen-bond donors (Lipinski definition) is 1. The molecular weight excluding hydrogens is 352 g/mol. The minimum Gasteiger partial charge on any atom is -0.451 e. The van der Waals surface area contributed by atoms with Crippen LogP contribution in [0, 0.1) is 0 Å². The van der Waals surface area contributed by atoms with Gasteiger partial charge in [0, 0.05) is 19.8 Å². The van der Waals surface area contributed by atoms with Crippen molar-refractivity contribution in [3.63, 3.8) is 0 Å². The molecule has 1 saturated carbocycles. The number of ether oxygens (including phenoxy) is 1. The van der Waals surface area contributed by atoms with Gasteiger partial charge in [-0.15, -0.1) is 0 Å². The second-order valence-corrected chi connectivity index (χ2v) is 7.57. The Labute approximate surface area is 166 Å². The summed E-state index contributed by atoms with van der Waals surface area (Å²) in [4.78, 5) is 27.8. The summed E-state index contributed by atoms with van der Waals surface area (Å²) in [6.45, 7) is 2.05. The number of aryl methyl sites for hydroxylation is 1. The normalized spacial score (nSPS) is 22.0. The monoisotopic (exact) mass is 380 g/mol. The molecule has 1 aliphatic rings. The summed E-state index contributed by atoms with van der Waals surface area (Å²) >= 11 is 0. The van der Waals surface area contributed by atoms with Crippen molar-refractivity contribution in [2.24, 2.45) is 5.73 Å².